The number of aromatic nitrogens is 1. The highest BCUT2D eigenvalue weighted by Gasteiger charge is 1.95. The van der Waals surface area contributed by atoms with Crippen LogP contribution in [0.1, 0.15) is 22.4 Å². The smallest absolute Gasteiger partial charge is 0.0541 e. The van der Waals surface area contributed by atoms with Gasteiger partial charge in [-0.25, -0.2) is 0 Å². The van der Waals surface area contributed by atoms with E-state index < -0.39 is 0 Å². The Morgan fingerprint density at radius 2 is 1.59 bits per heavy atom. The minimum absolute atomic E-state index is 0.814. The Labute approximate surface area is 103 Å². The first-order valence-electron chi connectivity index (χ1n) is 5.92. The maximum atomic E-state index is 4.36. The zero-order valence-electron chi connectivity index (χ0n) is 10.4. The number of rotatable bonds is 4. The summed E-state index contributed by atoms with van der Waals surface area (Å²) in [5.41, 5.74) is 4.90. The predicted molar refractivity (Wildman–Crippen MR) is 70.7 cm³/mol. The molecule has 2 nitrogen and oxygen atoms in total. The van der Waals surface area contributed by atoms with E-state index in [1.807, 2.05) is 6.20 Å². The molecule has 0 saturated carbocycles. The maximum absolute atomic E-state index is 4.36. The normalized spacial score (nSPS) is 10.5. The number of hydrogen-bond acceptors (Lipinski definition) is 2. The second-order valence-electron chi connectivity index (χ2n) is 4.42. The van der Waals surface area contributed by atoms with Crippen LogP contribution in [0.4, 0.5) is 0 Å². The van der Waals surface area contributed by atoms with Crippen LogP contribution in [0.25, 0.3) is 0 Å². The largest absolute Gasteiger partial charge is 0.307 e. The van der Waals surface area contributed by atoms with Crippen LogP contribution >= 0.6 is 0 Å². The van der Waals surface area contributed by atoms with E-state index in [-0.39, 0.29) is 0 Å². The van der Waals surface area contributed by atoms with Crippen LogP contribution in [0.2, 0.25) is 0 Å². The lowest BCUT2D eigenvalue weighted by molar-refractivity contribution is 0.679. The molecule has 0 aliphatic carbocycles. The summed E-state index contributed by atoms with van der Waals surface area (Å²) in [6.45, 7) is 5.86. The first-order valence-corrected chi connectivity index (χ1v) is 5.92. The van der Waals surface area contributed by atoms with E-state index in [0.29, 0.717) is 0 Å². The Balaban J connectivity index is 1.83. The highest BCUT2D eigenvalue weighted by atomic mass is 14.9. The Kier molecular flexibility index (Phi) is 3.89. The summed E-state index contributed by atoms with van der Waals surface area (Å²) in [6.07, 6.45) is 1.91. The lowest BCUT2D eigenvalue weighted by Crippen LogP contribution is -2.13. The van der Waals surface area contributed by atoms with E-state index >= 15 is 0 Å². The zero-order chi connectivity index (χ0) is 12.1. The molecule has 1 N–H and O–H groups in total. The highest BCUT2D eigenvalue weighted by Crippen LogP contribution is 2.03. The van der Waals surface area contributed by atoms with Gasteiger partial charge in [0.15, 0.2) is 0 Å². The molecule has 0 aliphatic heterocycles. The van der Waals surface area contributed by atoms with Gasteiger partial charge in [0.2, 0.25) is 0 Å². The first kappa shape index (κ1) is 11.8. The standard InChI is InChI=1S/C15H18N2/c1-12-3-6-14(7-4-12)10-16-11-15-8-5-13(2)9-17-15/h3-9,16H,10-11H2,1-2H3. The molecule has 2 aromatic rings. The summed E-state index contributed by atoms with van der Waals surface area (Å²) < 4.78 is 0. The van der Waals surface area contributed by atoms with Crippen molar-refractivity contribution in [2.75, 3.05) is 0 Å². The van der Waals surface area contributed by atoms with Crippen LogP contribution in [0, 0.1) is 13.8 Å². The molecule has 2 heteroatoms. The van der Waals surface area contributed by atoms with Gasteiger partial charge in [0, 0.05) is 19.3 Å². The fraction of sp³-hybridized carbons (Fsp3) is 0.267. The number of hydrogen-bond donors (Lipinski definition) is 1. The van der Waals surface area contributed by atoms with Crippen LogP contribution in [0.15, 0.2) is 42.6 Å². The van der Waals surface area contributed by atoms with E-state index in [0.717, 1.165) is 18.8 Å². The molecule has 2 rings (SSSR count). The Hall–Kier alpha value is -1.67. The Bertz CT molecular complexity index is 412. The molecule has 88 valence electrons. The number of nitrogens with zero attached hydrogens (tertiary/aromatic N) is 1. The molecule has 0 fully saturated rings. The van der Waals surface area contributed by atoms with Crippen LogP contribution in [-0.2, 0) is 13.1 Å². The first-order chi connectivity index (χ1) is 8.24. The van der Waals surface area contributed by atoms with Gasteiger partial charge >= 0.3 is 0 Å². The van der Waals surface area contributed by atoms with Gasteiger partial charge in [0.05, 0.1) is 5.69 Å². The van der Waals surface area contributed by atoms with E-state index in [1.165, 1.54) is 16.7 Å². The molecule has 0 aliphatic rings. The monoisotopic (exact) mass is 226 g/mol. The fourth-order valence-corrected chi connectivity index (χ4v) is 1.64. The van der Waals surface area contributed by atoms with Crippen molar-refractivity contribution < 1.29 is 0 Å². The van der Waals surface area contributed by atoms with Crippen molar-refractivity contribution in [3.8, 4) is 0 Å². The quantitative estimate of drug-likeness (QED) is 0.867. The van der Waals surface area contributed by atoms with Crippen molar-refractivity contribution in [1.29, 1.82) is 0 Å². The average molecular weight is 226 g/mol. The molecular weight excluding hydrogens is 208 g/mol. The molecule has 0 spiro atoms. The molecule has 0 amide bonds. The second kappa shape index (κ2) is 5.60. The SMILES string of the molecule is Cc1ccc(CNCc2ccc(C)cn2)cc1. The lowest BCUT2D eigenvalue weighted by atomic mass is 10.1. The van der Waals surface area contributed by atoms with Crippen LogP contribution in [0.3, 0.4) is 0 Å². The van der Waals surface area contributed by atoms with E-state index in [4.69, 9.17) is 0 Å². The predicted octanol–water partition coefficient (Wildman–Crippen LogP) is 2.99. The third kappa shape index (κ3) is 3.68. The van der Waals surface area contributed by atoms with Gasteiger partial charge in [-0.2, -0.15) is 0 Å². The average Bonchev–Trinajstić information content (AvgIpc) is 2.34. The van der Waals surface area contributed by atoms with E-state index in [1.54, 1.807) is 0 Å². The minimum atomic E-state index is 0.814. The molecule has 1 aromatic heterocycles. The highest BCUT2D eigenvalue weighted by molar-refractivity contribution is 5.21. The Morgan fingerprint density at radius 1 is 0.882 bits per heavy atom. The van der Waals surface area contributed by atoms with Crippen molar-refractivity contribution in [2.24, 2.45) is 0 Å². The topological polar surface area (TPSA) is 24.9 Å². The molecule has 17 heavy (non-hydrogen) atoms. The maximum Gasteiger partial charge on any atom is 0.0541 e. The van der Waals surface area contributed by atoms with E-state index in [9.17, 15) is 0 Å². The Morgan fingerprint density at radius 3 is 2.24 bits per heavy atom. The lowest BCUT2D eigenvalue weighted by Gasteiger charge is -2.05. The van der Waals surface area contributed by atoms with Gasteiger partial charge in [-0.05, 0) is 31.0 Å². The summed E-state index contributed by atoms with van der Waals surface area (Å²) in [7, 11) is 0. The summed E-state index contributed by atoms with van der Waals surface area (Å²) in [4.78, 5) is 4.36. The number of pyridine rings is 1. The van der Waals surface area contributed by atoms with Gasteiger partial charge in [0.25, 0.3) is 0 Å². The number of nitrogens with one attached hydrogen (secondary N) is 1. The number of benzene rings is 1. The third-order valence-electron chi connectivity index (χ3n) is 2.73. The molecule has 0 unspecified atom stereocenters. The summed E-state index contributed by atoms with van der Waals surface area (Å²) in [6, 6.07) is 12.8. The molecule has 0 atom stereocenters. The van der Waals surface area contributed by atoms with Crippen molar-refractivity contribution in [3.63, 3.8) is 0 Å². The summed E-state index contributed by atoms with van der Waals surface area (Å²) in [5.74, 6) is 0. The van der Waals surface area contributed by atoms with Gasteiger partial charge in [-0.3, -0.25) is 4.98 Å². The molecule has 0 saturated heterocycles. The molecule has 1 aromatic carbocycles. The number of aryl methyl sites for hydroxylation is 2. The second-order valence-corrected chi connectivity index (χ2v) is 4.42. The van der Waals surface area contributed by atoms with Crippen LogP contribution in [0.5, 0.6) is 0 Å². The molecular formula is C15H18N2. The van der Waals surface area contributed by atoms with Crippen molar-refractivity contribution in [1.82, 2.24) is 10.3 Å². The third-order valence-corrected chi connectivity index (χ3v) is 2.73. The minimum Gasteiger partial charge on any atom is -0.307 e. The van der Waals surface area contributed by atoms with Gasteiger partial charge in [-0.15, -0.1) is 0 Å². The van der Waals surface area contributed by atoms with Gasteiger partial charge < -0.3 is 5.32 Å². The molecule has 0 bridgehead atoms. The van der Waals surface area contributed by atoms with Crippen LogP contribution in [-0.4, -0.2) is 4.98 Å². The van der Waals surface area contributed by atoms with Crippen molar-refractivity contribution >= 4 is 0 Å². The van der Waals surface area contributed by atoms with E-state index in [2.05, 4.69) is 60.5 Å². The zero-order valence-corrected chi connectivity index (χ0v) is 10.4. The van der Waals surface area contributed by atoms with Crippen molar-refractivity contribution in [3.05, 3.63) is 65.0 Å². The van der Waals surface area contributed by atoms with Crippen molar-refractivity contribution in [2.45, 2.75) is 26.9 Å². The summed E-state index contributed by atoms with van der Waals surface area (Å²) >= 11 is 0. The van der Waals surface area contributed by atoms with Crippen LogP contribution < -0.4 is 5.32 Å². The molecule has 0 radical (unpaired) electrons. The van der Waals surface area contributed by atoms with Gasteiger partial charge in [-0.1, -0.05) is 35.9 Å². The fourth-order valence-electron chi connectivity index (χ4n) is 1.64. The van der Waals surface area contributed by atoms with Gasteiger partial charge in [0.1, 0.15) is 0 Å². The summed E-state index contributed by atoms with van der Waals surface area (Å²) in [5, 5.41) is 3.39. The molecule has 1 heterocycles.